The van der Waals surface area contributed by atoms with Crippen LogP contribution in [0, 0.1) is 0 Å². The van der Waals surface area contributed by atoms with Gasteiger partial charge in [-0.1, -0.05) is 0 Å². The molecule has 0 aliphatic rings. The molecule has 34 heavy (non-hydrogen) atoms. The van der Waals surface area contributed by atoms with E-state index < -0.39 is 91.9 Å². The maximum atomic E-state index is 12.1. The van der Waals surface area contributed by atoms with Gasteiger partial charge in [-0.2, -0.15) is 0 Å². The number of aldehydes is 1. The molecule has 0 aliphatic carbocycles. The SMILES string of the molecule is [2H]C(=O)CN[C@@H]([C@@H](O)[C@H](OC(C)=O)[C@@H](COC(C)=O)OC(C)=O)[C@H](CC(=O)C(=O)OC)OC(C)=O. The Bertz CT molecular complexity index is 815. The topological polar surface area (TPSA) is 198 Å². The van der Waals surface area contributed by atoms with Gasteiger partial charge in [0.25, 0.3) is 0 Å². The Labute approximate surface area is 196 Å². The molecular formula is C20H29NO13. The third-order valence-corrected chi connectivity index (χ3v) is 4.07. The van der Waals surface area contributed by atoms with Crippen LogP contribution in [0.15, 0.2) is 0 Å². The zero-order chi connectivity index (χ0) is 27.3. The normalized spacial score (nSPS) is 15.3. The van der Waals surface area contributed by atoms with Crippen molar-refractivity contribution in [3.8, 4) is 0 Å². The van der Waals surface area contributed by atoms with E-state index in [0.717, 1.165) is 34.8 Å². The molecule has 192 valence electrons. The van der Waals surface area contributed by atoms with Crippen molar-refractivity contribution in [2.24, 2.45) is 0 Å². The number of methoxy groups -OCH3 is 1. The molecule has 0 heterocycles. The van der Waals surface area contributed by atoms with Crippen molar-refractivity contribution >= 4 is 41.9 Å². The number of ether oxygens (including phenoxy) is 5. The second-order valence-electron chi connectivity index (χ2n) is 6.83. The third-order valence-electron chi connectivity index (χ3n) is 4.07. The summed E-state index contributed by atoms with van der Waals surface area (Å²) >= 11 is 0. The first kappa shape index (κ1) is 28.6. The smallest absolute Gasteiger partial charge is 0.374 e. The quantitative estimate of drug-likeness (QED) is 0.110. The number of nitrogens with one attached hydrogen (secondary N) is 1. The number of hydrogen-bond donors (Lipinski definition) is 2. The molecule has 0 bridgehead atoms. The Morgan fingerprint density at radius 1 is 0.912 bits per heavy atom. The highest BCUT2D eigenvalue weighted by Crippen LogP contribution is 2.20. The highest BCUT2D eigenvalue weighted by Gasteiger charge is 2.43. The number of ketones is 1. The van der Waals surface area contributed by atoms with Gasteiger partial charge in [0, 0.05) is 27.7 Å². The number of aliphatic hydroxyl groups is 1. The standard InChI is InChI=1S/C20H29NO13/c1-10(23)31-9-16(33-12(3)25)19(34-13(4)26)18(28)17(21-6-7-22)15(32-11(2)24)8-14(27)20(29)30-5/h7,15-19,21,28H,6,8-9H2,1-5H3/t15-,16+,17+,18+,19+/m0/s1/i7D. The lowest BCUT2D eigenvalue weighted by Crippen LogP contribution is -2.59. The second kappa shape index (κ2) is 15.4. The predicted octanol–water partition coefficient (Wildman–Crippen LogP) is -2.01. The molecular weight excluding hydrogens is 462 g/mol. The van der Waals surface area contributed by atoms with Crippen LogP contribution < -0.4 is 5.32 Å². The first-order valence-corrected chi connectivity index (χ1v) is 9.86. The van der Waals surface area contributed by atoms with E-state index in [9.17, 15) is 38.7 Å². The van der Waals surface area contributed by atoms with Gasteiger partial charge in [-0.15, -0.1) is 0 Å². The Balaban J connectivity index is 6.42. The summed E-state index contributed by atoms with van der Waals surface area (Å²) in [6, 6.07) is -1.64. The summed E-state index contributed by atoms with van der Waals surface area (Å²) in [5.41, 5.74) is 0. The van der Waals surface area contributed by atoms with Crippen molar-refractivity contribution in [1.29, 1.82) is 0 Å². The van der Waals surface area contributed by atoms with Gasteiger partial charge in [0.05, 0.1) is 26.1 Å². The molecule has 14 nitrogen and oxygen atoms in total. The summed E-state index contributed by atoms with van der Waals surface area (Å²) in [5, 5.41) is 13.5. The van der Waals surface area contributed by atoms with E-state index in [-0.39, 0.29) is 0 Å². The van der Waals surface area contributed by atoms with Crippen LogP contribution in [-0.2, 0) is 57.2 Å². The van der Waals surface area contributed by atoms with Crippen LogP contribution in [0.1, 0.15) is 35.5 Å². The minimum atomic E-state index is -2.01. The Morgan fingerprint density at radius 2 is 1.44 bits per heavy atom. The molecule has 0 radical (unpaired) electrons. The largest absolute Gasteiger partial charge is 0.463 e. The fraction of sp³-hybridized carbons (Fsp3) is 0.650. The van der Waals surface area contributed by atoms with Crippen LogP contribution >= 0.6 is 0 Å². The molecule has 0 amide bonds. The van der Waals surface area contributed by atoms with Crippen molar-refractivity contribution < 1.29 is 63.7 Å². The van der Waals surface area contributed by atoms with E-state index in [0.29, 0.717) is 0 Å². The van der Waals surface area contributed by atoms with Gasteiger partial charge in [0.2, 0.25) is 5.78 Å². The van der Waals surface area contributed by atoms with Crippen molar-refractivity contribution in [3.05, 3.63) is 0 Å². The summed E-state index contributed by atoms with van der Waals surface area (Å²) in [5.74, 6) is -6.10. The van der Waals surface area contributed by atoms with Crippen molar-refractivity contribution in [2.75, 3.05) is 20.3 Å². The van der Waals surface area contributed by atoms with Gasteiger partial charge < -0.3 is 38.9 Å². The molecule has 0 aromatic heterocycles. The highest BCUT2D eigenvalue weighted by molar-refractivity contribution is 6.33. The van der Waals surface area contributed by atoms with Crippen molar-refractivity contribution in [3.63, 3.8) is 0 Å². The molecule has 5 atom stereocenters. The van der Waals surface area contributed by atoms with Gasteiger partial charge in [-0.05, 0) is 0 Å². The van der Waals surface area contributed by atoms with Crippen molar-refractivity contribution in [2.45, 2.75) is 64.6 Å². The summed E-state index contributed by atoms with van der Waals surface area (Å²) in [6.07, 6.45) is -9.06. The van der Waals surface area contributed by atoms with Gasteiger partial charge in [0.15, 0.2) is 12.2 Å². The maximum Gasteiger partial charge on any atom is 0.374 e. The van der Waals surface area contributed by atoms with Gasteiger partial charge >= 0.3 is 29.8 Å². The fourth-order valence-corrected chi connectivity index (χ4v) is 2.84. The maximum absolute atomic E-state index is 12.1. The molecule has 0 unspecified atom stereocenters. The summed E-state index contributed by atoms with van der Waals surface area (Å²) in [4.78, 5) is 81.3. The van der Waals surface area contributed by atoms with E-state index in [1.165, 1.54) is 0 Å². The summed E-state index contributed by atoms with van der Waals surface area (Å²) < 4.78 is 31.4. The van der Waals surface area contributed by atoms with Gasteiger partial charge in [0.1, 0.15) is 26.4 Å². The number of Topliss-reactive ketones (excluding diaryl/α,β-unsaturated/α-hetero) is 1. The summed E-state index contributed by atoms with van der Waals surface area (Å²) in [7, 11) is 0.930. The number of aliphatic hydroxyl groups excluding tert-OH is 1. The number of carbonyl (C=O) groups is 7. The van der Waals surface area contributed by atoms with Crippen LogP contribution in [0.2, 0.25) is 0 Å². The first-order chi connectivity index (χ1) is 16.2. The lowest BCUT2D eigenvalue weighted by Gasteiger charge is -2.36. The molecule has 0 rings (SSSR count). The Kier molecular flexibility index (Phi) is 13.0. The average molecular weight is 492 g/mol. The van der Waals surface area contributed by atoms with E-state index >= 15 is 0 Å². The zero-order valence-electron chi connectivity index (χ0n) is 20.4. The van der Waals surface area contributed by atoms with Crippen LogP contribution in [0.3, 0.4) is 0 Å². The van der Waals surface area contributed by atoms with Gasteiger partial charge in [-0.25, -0.2) is 4.79 Å². The molecule has 0 saturated carbocycles. The number of esters is 5. The lowest BCUT2D eigenvalue weighted by molar-refractivity contribution is -0.187. The molecule has 0 saturated heterocycles. The average Bonchev–Trinajstić information content (AvgIpc) is 2.73. The molecule has 14 heteroatoms. The Hall–Kier alpha value is -3.39. The summed E-state index contributed by atoms with van der Waals surface area (Å²) in [6.45, 7) is 2.54. The lowest BCUT2D eigenvalue weighted by atomic mass is 9.93. The van der Waals surface area contributed by atoms with E-state index in [1.54, 1.807) is 0 Å². The number of hydrogen-bond acceptors (Lipinski definition) is 14. The van der Waals surface area contributed by atoms with Crippen LogP contribution in [-0.4, -0.2) is 97.7 Å². The first-order valence-electron chi connectivity index (χ1n) is 10.4. The highest BCUT2D eigenvalue weighted by atomic mass is 16.6. The third kappa shape index (κ3) is 11.5. The zero-order valence-corrected chi connectivity index (χ0v) is 19.4. The van der Waals surface area contributed by atoms with E-state index in [1.807, 2.05) is 0 Å². The predicted molar refractivity (Wildman–Crippen MR) is 109 cm³/mol. The van der Waals surface area contributed by atoms with E-state index in [2.05, 4.69) is 10.1 Å². The molecule has 0 spiro atoms. The molecule has 2 N–H and O–H groups in total. The molecule has 0 aromatic carbocycles. The fourth-order valence-electron chi connectivity index (χ4n) is 2.84. The Morgan fingerprint density at radius 3 is 1.88 bits per heavy atom. The second-order valence-corrected chi connectivity index (χ2v) is 6.83. The molecule has 0 aromatic rings. The molecule has 0 aliphatic heterocycles. The number of carbonyl (C=O) groups excluding carboxylic acids is 7. The monoisotopic (exact) mass is 492 g/mol. The molecule has 0 fully saturated rings. The van der Waals surface area contributed by atoms with Crippen LogP contribution in [0.25, 0.3) is 0 Å². The minimum Gasteiger partial charge on any atom is -0.463 e. The van der Waals surface area contributed by atoms with Crippen LogP contribution in [0.4, 0.5) is 0 Å². The number of rotatable bonds is 15. The van der Waals surface area contributed by atoms with Crippen molar-refractivity contribution in [1.82, 2.24) is 5.32 Å². The van der Waals surface area contributed by atoms with E-state index in [4.69, 9.17) is 20.3 Å². The minimum absolute atomic E-state index is 0.673. The van der Waals surface area contributed by atoms with Gasteiger partial charge in [-0.3, -0.25) is 24.0 Å². The van der Waals surface area contributed by atoms with Crippen LogP contribution in [0.5, 0.6) is 0 Å².